The predicted octanol–water partition coefficient (Wildman–Crippen LogP) is 9.74. The lowest BCUT2D eigenvalue weighted by Crippen LogP contribution is -2.55. The van der Waals surface area contributed by atoms with Crippen LogP contribution in [0.5, 0.6) is 0 Å². The van der Waals surface area contributed by atoms with Crippen molar-refractivity contribution < 1.29 is 4.42 Å². The van der Waals surface area contributed by atoms with Gasteiger partial charge in [0.25, 0.3) is 0 Å². The minimum Gasteiger partial charge on any atom is -0.456 e. The number of benzene rings is 4. The van der Waals surface area contributed by atoms with Crippen LogP contribution in [0.2, 0.25) is 0 Å². The van der Waals surface area contributed by atoms with Crippen molar-refractivity contribution in [1.82, 2.24) is 0 Å². The molecule has 5 aliphatic carbocycles. The molecule has 1 nitrogen and oxygen atoms in total. The lowest BCUT2D eigenvalue weighted by Gasteiger charge is -2.61. The highest BCUT2D eigenvalue weighted by Gasteiger charge is 2.61. The normalized spacial score (nSPS) is 29.4. The number of hydrogen-bond acceptors (Lipinski definition) is 1. The van der Waals surface area contributed by atoms with Crippen molar-refractivity contribution in [2.45, 2.75) is 37.5 Å². The van der Waals surface area contributed by atoms with E-state index in [1.54, 1.807) is 11.1 Å². The second kappa shape index (κ2) is 6.92. The molecule has 0 N–H and O–H groups in total. The fraction of sp³-hybridized carbons (Fsp3) is 0.294. The van der Waals surface area contributed by atoms with Gasteiger partial charge in [0.2, 0.25) is 0 Å². The Hall–Kier alpha value is -2.84. The first kappa shape index (κ1) is 20.2. The molecule has 0 aliphatic heterocycles. The van der Waals surface area contributed by atoms with E-state index in [4.69, 9.17) is 4.42 Å². The van der Waals surface area contributed by atoms with E-state index in [0.29, 0.717) is 0 Å². The molecule has 4 saturated carbocycles. The van der Waals surface area contributed by atoms with Crippen LogP contribution in [-0.4, -0.2) is 0 Å². The number of halogens is 1. The number of rotatable bonds is 1. The van der Waals surface area contributed by atoms with Gasteiger partial charge in [-0.15, -0.1) is 0 Å². The minimum atomic E-state index is 0.244. The second-order valence-corrected chi connectivity index (χ2v) is 12.8. The standard InChI is InChI=1S/C34H27BrO/c35-25-7-9-28-27-8-5-22(17-32(27)36-33(28)18-25)21-6-10-31-29(16-21)26-3-1-2-4-30(26)34(31)23-12-19-11-20(14-23)15-24(34)13-19/h1-10,16-20,23-24H,11-15H2. The molecule has 176 valence electrons. The van der Waals surface area contributed by atoms with Crippen molar-refractivity contribution in [2.75, 3.05) is 0 Å². The summed E-state index contributed by atoms with van der Waals surface area (Å²) >= 11 is 3.58. The van der Waals surface area contributed by atoms with Crippen molar-refractivity contribution in [3.05, 3.63) is 94.5 Å². The molecule has 4 fully saturated rings. The van der Waals surface area contributed by atoms with Crippen LogP contribution in [0.1, 0.15) is 43.2 Å². The van der Waals surface area contributed by atoms with E-state index >= 15 is 0 Å². The Labute approximate surface area is 219 Å². The fourth-order valence-corrected chi connectivity index (χ4v) is 9.61. The van der Waals surface area contributed by atoms with Crippen LogP contribution >= 0.6 is 15.9 Å². The zero-order valence-electron chi connectivity index (χ0n) is 20.1. The van der Waals surface area contributed by atoms with Crippen molar-refractivity contribution >= 4 is 37.9 Å². The van der Waals surface area contributed by atoms with Gasteiger partial charge < -0.3 is 4.42 Å². The van der Waals surface area contributed by atoms with Crippen LogP contribution in [0.3, 0.4) is 0 Å². The molecular formula is C34H27BrO. The Balaban J connectivity index is 1.22. The maximum absolute atomic E-state index is 6.27. The summed E-state index contributed by atoms with van der Waals surface area (Å²) in [6.07, 6.45) is 7.23. The van der Waals surface area contributed by atoms with Gasteiger partial charge in [-0.1, -0.05) is 58.4 Å². The summed E-state index contributed by atoms with van der Waals surface area (Å²) < 4.78 is 7.32. The van der Waals surface area contributed by atoms with E-state index < -0.39 is 0 Å². The molecule has 2 heteroatoms. The van der Waals surface area contributed by atoms with Crippen LogP contribution in [0.15, 0.2) is 87.8 Å². The Morgan fingerprint density at radius 1 is 0.611 bits per heavy atom. The summed E-state index contributed by atoms with van der Waals surface area (Å²) in [4.78, 5) is 0. The molecule has 0 radical (unpaired) electrons. The van der Waals surface area contributed by atoms with Gasteiger partial charge >= 0.3 is 0 Å². The second-order valence-electron chi connectivity index (χ2n) is 11.9. The molecule has 0 atom stereocenters. The summed E-state index contributed by atoms with van der Waals surface area (Å²) in [5.74, 6) is 3.58. The third kappa shape index (κ3) is 2.47. The van der Waals surface area contributed by atoms with Crippen LogP contribution in [0.25, 0.3) is 44.2 Å². The first-order valence-corrected chi connectivity index (χ1v) is 14.3. The fourth-order valence-electron chi connectivity index (χ4n) is 9.27. The molecule has 36 heavy (non-hydrogen) atoms. The van der Waals surface area contributed by atoms with Crippen molar-refractivity contribution in [3.63, 3.8) is 0 Å². The SMILES string of the molecule is Brc1ccc2c(c1)oc1cc(-c3ccc4c(c3)-c3ccccc3C43C4CC5CC(C4)CC3C5)ccc12. The number of furan rings is 1. The van der Waals surface area contributed by atoms with Crippen LogP contribution in [-0.2, 0) is 5.41 Å². The van der Waals surface area contributed by atoms with Gasteiger partial charge in [-0.3, -0.25) is 0 Å². The molecule has 5 aliphatic rings. The molecule has 0 amide bonds. The van der Waals surface area contributed by atoms with Crippen molar-refractivity contribution in [1.29, 1.82) is 0 Å². The Bertz CT molecular complexity index is 1690. The molecule has 4 bridgehead atoms. The summed E-state index contributed by atoms with van der Waals surface area (Å²) in [6, 6.07) is 29.8. The average Bonchev–Trinajstić information content (AvgIpc) is 3.39. The average molecular weight is 531 g/mol. The summed E-state index contributed by atoms with van der Waals surface area (Å²) in [5, 5.41) is 2.35. The smallest absolute Gasteiger partial charge is 0.136 e. The molecule has 1 heterocycles. The van der Waals surface area contributed by atoms with Gasteiger partial charge in [-0.05, 0) is 126 Å². The summed E-state index contributed by atoms with van der Waals surface area (Å²) in [6.45, 7) is 0. The monoisotopic (exact) mass is 530 g/mol. The van der Waals surface area contributed by atoms with Gasteiger partial charge in [-0.25, -0.2) is 0 Å². The molecule has 5 aromatic rings. The molecule has 10 rings (SSSR count). The molecule has 4 aromatic carbocycles. The van der Waals surface area contributed by atoms with Crippen molar-refractivity contribution in [3.8, 4) is 22.3 Å². The molecule has 1 spiro atoms. The van der Waals surface area contributed by atoms with Crippen LogP contribution in [0, 0.1) is 23.7 Å². The third-order valence-corrected chi connectivity index (χ3v) is 10.8. The lowest BCUT2D eigenvalue weighted by atomic mass is 9.43. The van der Waals surface area contributed by atoms with Gasteiger partial charge in [0.1, 0.15) is 11.2 Å². The summed E-state index contributed by atoms with van der Waals surface area (Å²) in [7, 11) is 0. The maximum atomic E-state index is 6.27. The first-order chi connectivity index (χ1) is 17.7. The zero-order chi connectivity index (χ0) is 23.6. The first-order valence-electron chi connectivity index (χ1n) is 13.5. The molecule has 0 unspecified atom stereocenters. The highest BCUT2D eigenvalue weighted by Crippen LogP contribution is 2.69. The zero-order valence-corrected chi connectivity index (χ0v) is 21.7. The third-order valence-electron chi connectivity index (χ3n) is 10.3. The van der Waals surface area contributed by atoms with Gasteiger partial charge in [0.05, 0.1) is 0 Å². The highest BCUT2D eigenvalue weighted by atomic mass is 79.9. The van der Waals surface area contributed by atoms with Crippen LogP contribution in [0.4, 0.5) is 0 Å². The molecule has 1 aromatic heterocycles. The molecular weight excluding hydrogens is 504 g/mol. The lowest BCUT2D eigenvalue weighted by molar-refractivity contribution is -0.0399. The highest BCUT2D eigenvalue weighted by molar-refractivity contribution is 9.10. The Morgan fingerprint density at radius 2 is 1.25 bits per heavy atom. The van der Waals surface area contributed by atoms with E-state index in [9.17, 15) is 0 Å². The van der Waals surface area contributed by atoms with E-state index in [0.717, 1.165) is 39.3 Å². The van der Waals surface area contributed by atoms with E-state index in [-0.39, 0.29) is 5.41 Å². The van der Waals surface area contributed by atoms with E-state index in [1.807, 2.05) is 0 Å². The van der Waals surface area contributed by atoms with E-state index in [2.05, 4.69) is 94.8 Å². The summed E-state index contributed by atoms with van der Waals surface area (Å²) in [5.41, 5.74) is 10.9. The topological polar surface area (TPSA) is 13.1 Å². The van der Waals surface area contributed by atoms with Gasteiger partial charge in [-0.2, -0.15) is 0 Å². The predicted molar refractivity (Wildman–Crippen MR) is 150 cm³/mol. The van der Waals surface area contributed by atoms with Crippen molar-refractivity contribution in [2.24, 2.45) is 23.7 Å². The van der Waals surface area contributed by atoms with Gasteiger partial charge in [0, 0.05) is 20.7 Å². The van der Waals surface area contributed by atoms with E-state index in [1.165, 1.54) is 65.1 Å². The molecule has 0 saturated heterocycles. The van der Waals surface area contributed by atoms with Gasteiger partial charge in [0.15, 0.2) is 0 Å². The largest absolute Gasteiger partial charge is 0.456 e. The number of fused-ring (bicyclic) bond motifs is 6. The number of hydrogen-bond donors (Lipinski definition) is 0. The quantitative estimate of drug-likeness (QED) is 0.210. The van der Waals surface area contributed by atoms with Crippen LogP contribution < -0.4 is 0 Å². The maximum Gasteiger partial charge on any atom is 0.136 e. The Kier molecular flexibility index (Phi) is 3.89. The minimum absolute atomic E-state index is 0.244. The Morgan fingerprint density at radius 3 is 2.06 bits per heavy atom.